The Hall–Kier alpha value is -2.06. The Morgan fingerprint density at radius 2 is 2.03 bits per heavy atom. The lowest BCUT2D eigenvalue weighted by molar-refractivity contribution is -0.153. The third kappa shape index (κ3) is 9.74. The maximum atomic E-state index is 12.8. The Morgan fingerprint density at radius 3 is 2.61 bits per heavy atom. The van der Waals surface area contributed by atoms with Crippen molar-refractivity contribution in [3.8, 4) is 5.75 Å². The monoisotopic (exact) mass is 444 g/mol. The lowest BCUT2D eigenvalue weighted by Gasteiger charge is -2.22. The number of amides is 1. The first-order chi connectivity index (χ1) is 14.6. The van der Waals surface area contributed by atoms with Gasteiger partial charge in [-0.1, -0.05) is 45.4 Å². The van der Waals surface area contributed by atoms with Crippen LogP contribution in [0.25, 0.3) is 12.7 Å². The fourth-order valence-corrected chi connectivity index (χ4v) is 3.31. The first kappa shape index (κ1) is 27.0. The van der Waals surface area contributed by atoms with Crippen molar-refractivity contribution in [3.63, 3.8) is 0 Å². The molecule has 0 aliphatic heterocycles. The van der Waals surface area contributed by atoms with Gasteiger partial charge in [-0.15, -0.1) is 0 Å². The van der Waals surface area contributed by atoms with Gasteiger partial charge in [0.05, 0.1) is 12.2 Å². The van der Waals surface area contributed by atoms with Crippen LogP contribution < -0.4 is 20.5 Å². The van der Waals surface area contributed by atoms with E-state index in [1.54, 1.807) is 12.1 Å². The van der Waals surface area contributed by atoms with Gasteiger partial charge in [-0.3, -0.25) is 4.79 Å². The van der Waals surface area contributed by atoms with Gasteiger partial charge in [-0.05, 0) is 30.7 Å². The summed E-state index contributed by atoms with van der Waals surface area (Å²) >= 11 is 0. The number of nitrogens with one attached hydrogen (secondary N) is 1. The Labute approximate surface area is 182 Å². The van der Waals surface area contributed by atoms with Crippen LogP contribution >= 0.6 is 0 Å². The number of hydrogen-bond donors (Lipinski definition) is 1. The fraction of sp³-hybridized carbons (Fsp3) is 0.609. The average Bonchev–Trinajstić information content (AvgIpc) is 2.70. The van der Waals surface area contributed by atoms with Crippen LogP contribution in [-0.2, 0) is 4.74 Å². The maximum Gasteiger partial charge on any atom is 0.422 e. The normalized spacial score (nSPS) is 13.5. The summed E-state index contributed by atoms with van der Waals surface area (Å²) < 4.78 is 48.6. The number of benzene rings is 1. The van der Waals surface area contributed by atoms with Crippen LogP contribution in [0.4, 0.5) is 13.2 Å². The third-order valence-corrected chi connectivity index (χ3v) is 4.95. The summed E-state index contributed by atoms with van der Waals surface area (Å²) in [6, 6.07) is 3.05. The van der Waals surface area contributed by atoms with E-state index in [0.717, 1.165) is 25.8 Å². The SMILES string of the molecule is C=c1ccc(C(=O)NCCOC)c(OCC(F)(F)F)/c1=C/CN(C)CC(CC)CCC. The first-order valence-corrected chi connectivity index (χ1v) is 10.6. The second-order valence-corrected chi connectivity index (χ2v) is 7.66. The average molecular weight is 445 g/mol. The number of halogens is 3. The van der Waals surface area contributed by atoms with Crippen molar-refractivity contribution in [1.82, 2.24) is 10.2 Å². The summed E-state index contributed by atoms with van der Waals surface area (Å²) in [5, 5.41) is 3.53. The zero-order valence-electron chi connectivity index (χ0n) is 19.0. The molecule has 1 rings (SSSR count). The summed E-state index contributed by atoms with van der Waals surface area (Å²) in [4.78, 5) is 14.7. The molecule has 0 aliphatic rings. The largest absolute Gasteiger partial charge is 0.483 e. The number of ether oxygens (including phenoxy) is 2. The van der Waals surface area contributed by atoms with Gasteiger partial charge < -0.3 is 19.7 Å². The molecule has 1 amide bonds. The predicted octanol–water partition coefficient (Wildman–Crippen LogP) is 2.95. The Bertz CT molecular complexity index is 796. The number of rotatable bonds is 13. The summed E-state index contributed by atoms with van der Waals surface area (Å²) in [7, 11) is 3.46. The molecule has 0 saturated carbocycles. The molecule has 0 spiro atoms. The zero-order chi connectivity index (χ0) is 23.4. The van der Waals surface area contributed by atoms with E-state index < -0.39 is 18.7 Å². The minimum absolute atomic E-state index is 0.0408. The van der Waals surface area contributed by atoms with E-state index in [1.807, 2.05) is 7.05 Å². The summed E-state index contributed by atoms with van der Waals surface area (Å²) in [6.45, 7) is 8.64. The van der Waals surface area contributed by atoms with Crippen LogP contribution in [0.2, 0.25) is 0 Å². The highest BCUT2D eigenvalue weighted by atomic mass is 19.4. The molecule has 0 bridgehead atoms. The molecule has 176 valence electrons. The van der Waals surface area contributed by atoms with Crippen molar-refractivity contribution in [2.75, 3.05) is 47.0 Å². The molecule has 0 aliphatic carbocycles. The van der Waals surface area contributed by atoms with Crippen molar-refractivity contribution < 1.29 is 27.4 Å². The molecular weight excluding hydrogens is 409 g/mol. The van der Waals surface area contributed by atoms with Gasteiger partial charge in [0.25, 0.3) is 5.91 Å². The van der Waals surface area contributed by atoms with Crippen LogP contribution in [0, 0.1) is 5.92 Å². The van der Waals surface area contributed by atoms with E-state index >= 15 is 0 Å². The lowest BCUT2D eigenvalue weighted by atomic mass is 10.0. The van der Waals surface area contributed by atoms with Crippen LogP contribution in [0.15, 0.2) is 12.1 Å². The third-order valence-electron chi connectivity index (χ3n) is 4.95. The van der Waals surface area contributed by atoms with Gasteiger partial charge in [0.1, 0.15) is 5.75 Å². The van der Waals surface area contributed by atoms with Crippen molar-refractivity contribution in [1.29, 1.82) is 0 Å². The minimum Gasteiger partial charge on any atom is -0.483 e. The highest BCUT2D eigenvalue weighted by molar-refractivity contribution is 5.97. The summed E-state index contributed by atoms with van der Waals surface area (Å²) in [5.41, 5.74) is 0.0408. The van der Waals surface area contributed by atoms with Gasteiger partial charge in [0, 0.05) is 32.0 Å². The standard InChI is InChI=1S/C23H35F3N2O3/c1-6-8-18(7-2)15-28(4)13-11-19-17(3)9-10-20(22(29)27-12-14-30-5)21(19)31-16-23(24,25)26/h9-11,18H,3,6-8,12-16H2,1-2,4-5H3,(H,27,29)/b19-11+. The van der Waals surface area contributed by atoms with Gasteiger partial charge in [0.15, 0.2) is 6.61 Å². The molecule has 1 aromatic carbocycles. The van der Waals surface area contributed by atoms with E-state index in [0.29, 0.717) is 22.9 Å². The predicted molar refractivity (Wildman–Crippen MR) is 118 cm³/mol. The number of carbonyl (C=O) groups is 1. The molecule has 5 nitrogen and oxygen atoms in total. The van der Waals surface area contributed by atoms with Crippen LogP contribution in [0.3, 0.4) is 0 Å². The van der Waals surface area contributed by atoms with Crippen molar-refractivity contribution in [2.45, 2.75) is 39.3 Å². The van der Waals surface area contributed by atoms with Crippen LogP contribution in [0.1, 0.15) is 43.5 Å². The molecule has 1 atom stereocenters. The van der Waals surface area contributed by atoms with Crippen LogP contribution in [-0.4, -0.2) is 64.0 Å². The van der Waals surface area contributed by atoms with E-state index in [-0.39, 0.29) is 24.5 Å². The number of nitrogens with zero attached hydrogens (tertiary/aromatic N) is 1. The van der Waals surface area contributed by atoms with E-state index in [2.05, 4.69) is 30.6 Å². The van der Waals surface area contributed by atoms with E-state index in [9.17, 15) is 18.0 Å². The fourth-order valence-electron chi connectivity index (χ4n) is 3.31. The smallest absolute Gasteiger partial charge is 0.422 e. The minimum atomic E-state index is -4.52. The quantitative estimate of drug-likeness (QED) is 0.476. The van der Waals surface area contributed by atoms with Crippen molar-refractivity contribution in [3.05, 3.63) is 28.1 Å². The molecular formula is C23H35F3N2O3. The van der Waals surface area contributed by atoms with Crippen LogP contribution in [0.5, 0.6) is 5.75 Å². The van der Waals surface area contributed by atoms with E-state index in [4.69, 9.17) is 9.47 Å². The summed E-state index contributed by atoms with van der Waals surface area (Å²) in [5.74, 6) is -0.0681. The highest BCUT2D eigenvalue weighted by Gasteiger charge is 2.29. The molecule has 1 aromatic rings. The molecule has 0 fully saturated rings. The Morgan fingerprint density at radius 1 is 1.32 bits per heavy atom. The van der Waals surface area contributed by atoms with Crippen molar-refractivity contribution >= 4 is 18.6 Å². The number of hydrogen-bond acceptors (Lipinski definition) is 4. The maximum absolute atomic E-state index is 12.8. The number of carbonyl (C=O) groups excluding carboxylic acids is 1. The number of methoxy groups -OCH3 is 1. The molecule has 0 heterocycles. The molecule has 31 heavy (non-hydrogen) atoms. The molecule has 0 aromatic heterocycles. The van der Waals surface area contributed by atoms with Gasteiger partial charge in [-0.2, -0.15) is 13.2 Å². The molecule has 1 N–H and O–H groups in total. The Balaban J connectivity index is 3.23. The molecule has 0 radical (unpaired) electrons. The molecule has 0 saturated heterocycles. The molecule has 1 unspecified atom stereocenters. The van der Waals surface area contributed by atoms with E-state index in [1.165, 1.54) is 13.2 Å². The van der Waals surface area contributed by atoms with Gasteiger partial charge >= 0.3 is 6.18 Å². The lowest BCUT2D eigenvalue weighted by Crippen LogP contribution is -2.35. The van der Waals surface area contributed by atoms with Gasteiger partial charge in [0.2, 0.25) is 0 Å². The summed E-state index contributed by atoms with van der Waals surface area (Å²) in [6.07, 6.45) is 0.547. The Kier molecular flexibility index (Phi) is 11.6. The molecule has 8 heteroatoms. The van der Waals surface area contributed by atoms with Gasteiger partial charge in [-0.25, -0.2) is 0 Å². The zero-order valence-corrected chi connectivity index (χ0v) is 19.0. The second kappa shape index (κ2) is 13.4. The number of alkyl halides is 3. The first-order valence-electron chi connectivity index (χ1n) is 10.6. The highest BCUT2D eigenvalue weighted by Crippen LogP contribution is 2.19. The second-order valence-electron chi connectivity index (χ2n) is 7.66. The van der Waals surface area contributed by atoms with Crippen molar-refractivity contribution in [2.24, 2.45) is 5.92 Å². The topological polar surface area (TPSA) is 50.8 Å².